The fourth-order valence-corrected chi connectivity index (χ4v) is 1.85. The van der Waals surface area contributed by atoms with Gasteiger partial charge in [0.1, 0.15) is 4.83 Å². The van der Waals surface area contributed by atoms with E-state index < -0.39 is 0 Å². The Morgan fingerprint density at radius 2 is 2.45 bits per heavy atom. The van der Waals surface area contributed by atoms with Crippen molar-refractivity contribution < 1.29 is 4.79 Å². The van der Waals surface area contributed by atoms with Crippen molar-refractivity contribution in [2.24, 2.45) is 5.73 Å². The van der Waals surface area contributed by atoms with Crippen molar-refractivity contribution in [3.8, 4) is 0 Å². The molecule has 3 nitrogen and oxygen atoms in total. The second-order valence-electron chi connectivity index (χ2n) is 2.24. The Morgan fingerprint density at radius 1 is 1.64 bits per heavy atom. The van der Waals surface area contributed by atoms with E-state index in [4.69, 9.17) is 5.73 Å². The number of primary amides is 1. The van der Waals surface area contributed by atoms with Crippen LogP contribution in [0.3, 0.4) is 0 Å². The first kappa shape index (κ1) is 6.42. The Labute approximate surface area is 66.8 Å². The van der Waals surface area contributed by atoms with Crippen LogP contribution in [0.5, 0.6) is 0 Å². The number of nitrogens with one attached hydrogen (secondary N) is 1. The molecule has 0 bridgehead atoms. The Balaban J connectivity index is 2.67. The van der Waals surface area contributed by atoms with Crippen LogP contribution in [0.25, 0.3) is 10.2 Å². The second-order valence-corrected chi connectivity index (χ2v) is 3.29. The minimum atomic E-state index is -0.361. The number of aromatic amines is 1. The van der Waals surface area contributed by atoms with Gasteiger partial charge in [-0.1, -0.05) is 0 Å². The molecule has 2 heterocycles. The van der Waals surface area contributed by atoms with Crippen molar-refractivity contribution in [3.63, 3.8) is 0 Å². The molecule has 4 heteroatoms. The molecule has 2 aromatic heterocycles. The molecule has 0 unspecified atom stereocenters. The van der Waals surface area contributed by atoms with Crippen LogP contribution in [0.4, 0.5) is 0 Å². The van der Waals surface area contributed by atoms with Crippen LogP contribution in [-0.2, 0) is 0 Å². The number of nitrogens with two attached hydrogens (primary N) is 1. The fourth-order valence-electron chi connectivity index (χ4n) is 0.970. The van der Waals surface area contributed by atoms with Gasteiger partial charge in [-0.05, 0) is 12.1 Å². The van der Waals surface area contributed by atoms with Gasteiger partial charge in [0.25, 0.3) is 5.91 Å². The Kier molecular flexibility index (Phi) is 1.22. The topological polar surface area (TPSA) is 58.9 Å². The number of carbonyl (C=O) groups excluding carboxylic acids is 1. The standard InChI is InChI=1S/C7H6N2OS/c8-6(10)5-3-4-1-2-9-7(4)11-5/h1-3,9H,(H2,8,10). The molecule has 0 atom stereocenters. The predicted molar refractivity (Wildman–Crippen MR) is 44.7 cm³/mol. The summed E-state index contributed by atoms with van der Waals surface area (Å²) in [5.74, 6) is -0.361. The van der Waals surface area contributed by atoms with Gasteiger partial charge in [-0.2, -0.15) is 0 Å². The number of fused-ring (bicyclic) bond motifs is 1. The zero-order valence-corrected chi connectivity index (χ0v) is 6.44. The summed E-state index contributed by atoms with van der Waals surface area (Å²) in [6, 6.07) is 3.71. The van der Waals surface area contributed by atoms with Crippen LogP contribution in [0.2, 0.25) is 0 Å². The molecule has 56 valence electrons. The lowest BCUT2D eigenvalue weighted by atomic mass is 10.3. The zero-order chi connectivity index (χ0) is 7.84. The van der Waals surface area contributed by atoms with E-state index in [1.165, 1.54) is 11.3 Å². The van der Waals surface area contributed by atoms with Gasteiger partial charge in [-0.15, -0.1) is 11.3 Å². The third-order valence-corrected chi connectivity index (χ3v) is 2.58. The lowest BCUT2D eigenvalue weighted by molar-refractivity contribution is 0.100. The monoisotopic (exact) mass is 166 g/mol. The smallest absolute Gasteiger partial charge is 0.258 e. The van der Waals surface area contributed by atoms with E-state index in [0.717, 1.165) is 10.2 Å². The quantitative estimate of drug-likeness (QED) is 0.659. The summed E-state index contributed by atoms with van der Waals surface area (Å²) < 4.78 is 0. The van der Waals surface area contributed by atoms with Crippen LogP contribution >= 0.6 is 11.3 Å². The highest BCUT2D eigenvalue weighted by atomic mass is 32.1. The van der Waals surface area contributed by atoms with Gasteiger partial charge in [0.2, 0.25) is 0 Å². The summed E-state index contributed by atoms with van der Waals surface area (Å²) in [6.07, 6.45) is 1.84. The molecule has 0 saturated heterocycles. The number of rotatable bonds is 1. The minimum absolute atomic E-state index is 0.361. The summed E-state index contributed by atoms with van der Waals surface area (Å²) in [6.45, 7) is 0. The van der Waals surface area contributed by atoms with E-state index in [1.54, 1.807) is 6.07 Å². The van der Waals surface area contributed by atoms with E-state index in [-0.39, 0.29) is 5.91 Å². The van der Waals surface area contributed by atoms with Crippen molar-refractivity contribution in [2.45, 2.75) is 0 Å². The summed E-state index contributed by atoms with van der Waals surface area (Å²) in [5, 5.41) is 1.05. The number of carbonyl (C=O) groups is 1. The van der Waals surface area contributed by atoms with Crippen molar-refractivity contribution in [1.82, 2.24) is 4.98 Å². The Morgan fingerprint density at radius 3 is 3.09 bits per heavy atom. The molecular formula is C7H6N2OS. The van der Waals surface area contributed by atoms with Crippen LogP contribution < -0.4 is 5.73 Å². The van der Waals surface area contributed by atoms with Gasteiger partial charge < -0.3 is 10.7 Å². The third-order valence-electron chi connectivity index (χ3n) is 1.48. The van der Waals surface area contributed by atoms with Crippen molar-refractivity contribution >= 4 is 27.5 Å². The highest BCUT2D eigenvalue weighted by Gasteiger charge is 2.05. The molecule has 0 fully saturated rings. The van der Waals surface area contributed by atoms with Crippen LogP contribution in [0.1, 0.15) is 9.67 Å². The van der Waals surface area contributed by atoms with Gasteiger partial charge in [-0.25, -0.2) is 0 Å². The summed E-state index contributed by atoms with van der Waals surface area (Å²) in [5.41, 5.74) is 5.09. The molecule has 2 aromatic rings. The molecule has 3 N–H and O–H groups in total. The van der Waals surface area contributed by atoms with Crippen LogP contribution in [0, 0.1) is 0 Å². The summed E-state index contributed by atoms with van der Waals surface area (Å²) in [7, 11) is 0. The largest absolute Gasteiger partial charge is 0.365 e. The number of amides is 1. The number of hydrogen-bond donors (Lipinski definition) is 2. The van der Waals surface area contributed by atoms with E-state index in [9.17, 15) is 4.79 Å². The zero-order valence-electron chi connectivity index (χ0n) is 5.63. The molecule has 0 radical (unpaired) electrons. The Hall–Kier alpha value is -1.29. The molecular weight excluding hydrogens is 160 g/mol. The Bertz CT molecular complexity index is 373. The molecule has 11 heavy (non-hydrogen) atoms. The maximum absolute atomic E-state index is 10.7. The van der Waals surface area contributed by atoms with Crippen molar-refractivity contribution in [2.75, 3.05) is 0 Å². The first-order valence-corrected chi connectivity index (χ1v) is 3.96. The van der Waals surface area contributed by atoms with Gasteiger partial charge in [-0.3, -0.25) is 4.79 Å². The molecule has 2 rings (SSSR count). The van der Waals surface area contributed by atoms with Crippen LogP contribution in [0.15, 0.2) is 18.3 Å². The highest BCUT2D eigenvalue weighted by Crippen LogP contribution is 2.23. The summed E-state index contributed by atoms with van der Waals surface area (Å²) >= 11 is 1.38. The van der Waals surface area contributed by atoms with Crippen LogP contribution in [-0.4, -0.2) is 10.9 Å². The lowest BCUT2D eigenvalue weighted by Gasteiger charge is -1.81. The number of hydrogen-bond acceptors (Lipinski definition) is 2. The third kappa shape index (κ3) is 0.914. The average Bonchev–Trinajstić information content (AvgIpc) is 2.40. The molecule has 1 amide bonds. The summed E-state index contributed by atoms with van der Waals surface area (Å²) in [4.78, 5) is 15.3. The van der Waals surface area contributed by atoms with Gasteiger partial charge in [0.05, 0.1) is 4.88 Å². The van der Waals surface area contributed by atoms with Gasteiger partial charge in [0.15, 0.2) is 0 Å². The molecule has 0 spiro atoms. The van der Waals surface area contributed by atoms with E-state index in [0.29, 0.717) is 4.88 Å². The minimum Gasteiger partial charge on any atom is -0.365 e. The number of aromatic nitrogens is 1. The highest BCUT2D eigenvalue weighted by molar-refractivity contribution is 7.20. The molecule has 0 saturated carbocycles. The molecule has 0 aliphatic rings. The first-order chi connectivity index (χ1) is 5.27. The molecule has 0 aliphatic heterocycles. The number of H-pyrrole nitrogens is 1. The second kappa shape index (κ2) is 2.10. The first-order valence-electron chi connectivity index (χ1n) is 3.14. The average molecular weight is 166 g/mol. The maximum atomic E-state index is 10.7. The molecule has 0 aromatic carbocycles. The van der Waals surface area contributed by atoms with E-state index in [1.807, 2.05) is 12.3 Å². The maximum Gasteiger partial charge on any atom is 0.258 e. The lowest BCUT2D eigenvalue weighted by Crippen LogP contribution is -2.08. The molecule has 0 aliphatic carbocycles. The normalized spacial score (nSPS) is 10.5. The van der Waals surface area contributed by atoms with E-state index in [2.05, 4.69) is 4.98 Å². The fraction of sp³-hybridized carbons (Fsp3) is 0. The van der Waals surface area contributed by atoms with Crippen molar-refractivity contribution in [3.05, 3.63) is 23.2 Å². The number of thiophene rings is 1. The SMILES string of the molecule is NC(=O)c1cc2cc[nH]c2s1. The van der Waals surface area contributed by atoms with Crippen molar-refractivity contribution in [1.29, 1.82) is 0 Å². The predicted octanol–water partition coefficient (Wildman–Crippen LogP) is 1.33. The van der Waals surface area contributed by atoms with Gasteiger partial charge in [0, 0.05) is 11.6 Å². The van der Waals surface area contributed by atoms with Gasteiger partial charge >= 0.3 is 0 Å². The van der Waals surface area contributed by atoms with E-state index >= 15 is 0 Å².